The number of unbranched alkanes of at least 4 members (excludes halogenated alkanes) is 1. The summed E-state index contributed by atoms with van der Waals surface area (Å²) in [6.07, 6.45) is 3.65. The smallest absolute Gasteiger partial charge is 0.243 e. The van der Waals surface area contributed by atoms with Crippen molar-refractivity contribution < 1.29 is 14.0 Å². The highest BCUT2D eigenvalue weighted by atomic mass is 19.1. The van der Waals surface area contributed by atoms with Gasteiger partial charge < -0.3 is 10.6 Å². The van der Waals surface area contributed by atoms with Gasteiger partial charge in [-0.2, -0.15) is 0 Å². The lowest BCUT2D eigenvalue weighted by Crippen LogP contribution is -2.36. The number of benzene rings is 1. The minimum Gasteiger partial charge on any atom is -0.347 e. The van der Waals surface area contributed by atoms with E-state index in [0.717, 1.165) is 25.7 Å². The number of carbonyl (C=O) groups is 2. The van der Waals surface area contributed by atoms with Gasteiger partial charge in [-0.15, -0.1) is 0 Å². The van der Waals surface area contributed by atoms with Gasteiger partial charge in [-0.3, -0.25) is 9.59 Å². The summed E-state index contributed by atoms with van der Waals surface area (Å²) in [5.41, 5.74) is 0.382. The van der Waals surface area contributed by atoms with Gasteiger partial charge in [0, 0.05) is 11.6 Å². The molecule has 4 nitrogen and oxygen atoms in total. The van der Waals surface area contributed by atoms with Gasteiger partial charge in [0.05, 0.1) is 6.54 Å². The first-order valence-corrected chi connectivity index (χ1v) is 7.40. The van der Waals surface area contributed by atoms with Crippen LogP contribution in [0.1, 0.15) is 39.5 Å². The molecule has 0 aliphatic carbocycles. The van der Waals surface area contributed by atoms with Gasteiger partial charge in [0.2, 0.25) is 11.8 Å². The molecule has 0 radical (unpaired) electrons. The van der Waals surface area contributed by atoms with Crippen LogP contribution >= 0.6 is 0 Å². The van der Waals surface area contributed by atoms with Crippen LogP contribution < -0.4 is 10.6 Å². The molecule has 0 fully saturated rings. The highest BCUT2D eigenvalue weighted by Gasteiger charge is 2.16. The van der Waals surface area contributed by atoms with Crippen molar-refractivity contribution in [1.29, 1.82) is 0 Å². The number of hydrogen-bond donors (Lipinski definition) is 2. The topological polar surface area (TPSA) is 58.2 Å². The van der Waals surface area contributed by atoms with Crippen molar-refractivity contribution in [3.8, 4) is 0 Å². The van der Waals surface area contributed by atoms with E-state index in [0.29, 0.717) is 5.69 Å². The molecule has 1 aromatic rings. The lowest BCUT2D eigenvalue weighted by atomic mass is 9.98. The van der Waals surface area contributed by atoms with Crippen molar-refractivity contribution in [2.45, 2.75) is 39.5 Å². The van der Waals surface area contributed by atoms with Crippen LogP contribution in [0.25, 0.3) is 0 Å². The molecule has 0 spiro atoms. The molecular weight excluding hydrogens is 271 g/mol. The van der Waals surface area contributed by atoms with Crippen molar-refractivity contribution in [3.05, 3.63) is 30.1 Å². The minimum absolute atomic E-state index is 0.0491. The minimum atomic E-state index is -0.414. The van der Waals surface area contributed by atoms with Crippen LogP contribution in [0.2, 0.25) is 0 Å². The van der Waals surface area contributed by atoms with Gasteiger partial charge in [0.1, 0.15) is 5.82 Å². The molecule has 1 atom stereocenters. The van der Waals surface area contributed by atoms with Crippen molar-refractivity contribution >= 4 is 17.5 Å². The average Bonchev–Trinajstić information content (AvgIpc) is 2.46. The molecule has 1 rings (SSSR count). The number of halogens is 1. The third kappa shape index (κ3) is 6.38. The molecule has 1 aromatic carbocycles. The molecule has 0 aliphatic heterocycles. The zero-order chi connectivity index (χ0) is 15.7. The van der Waals surface area contributed by atoms with Crippen molar-refractivity contribution in [2.24, 2.45) is 5.92 Å². The first-order chi connectivity index (χ1) is 10.1. The second kappa shape index (κ2) is 9.10. The summed E-state index contributed by atoms with van der Waals surface area (Å²) in [5.74, 6) is -0.922. The molecule has 2 amide bonds. The standard InChI is InChI=1S/C16H23FN2O2/c1-3-5-7-12(4-2)16(21)18-11-15(20)19-14-9-6-8-13(17)10-14/h6,8-10,12H,3-5,7,11H2,1-2H3,(H,18,21)(H,19,20)/t12-/m0/s1. The Labute approximate surface area is 125 Å². The molecule has 0 aromatic heterocycles. The number of nitrogens with one attached hydrogen (secondary N) is 2. The van der Waals surface area contributed by atoms with E-state index in [1.807, 2.05) is 6.92 Å². The van der Waals surface area contributed by atoms with E-state index < -0.39 is 5.82 Å². The quantitative estimate of drug-likeness (QED) is 0.774. The predicted octanol–water partition coefficient (Wildman–Crippen LogP) is 3.10. The second-order valence-electron chi connectivity index (χ2n) is 5.02. The molecule has 0 saturated heterocycles. The van der Waals surface area contributed by atoms with Crippen LogP contribution in [0, 0.1) is 11.7 Å². The molecule has 21 heavy (non-hydrogen) atoms. The monoisotopic (exact) mass is 294 g/mol. The largest absolute Gasteiger partial charge is 0.347 e. The Morgan fingerprint density at radius 2 is 2.05 bits per heavy atom. The summed E-state index contributed by atoms with van der Waals surface area (Å²) in [7, 11) is 0. The molecule has 0 saturated carbocycles. The number of carbonyl (C=O) groups excluding carboxylic acids is 2. The Morgan fingerprint density at radius 1 is 1.29 bits per heavy atom. The molecule has 116 valence electrons. The van der Waals surface area contributed by atoms with Crippen molar-refractivity contribution in [2.75, 3.05) is 11.9 Å². The van der Waals surface area contributed by atoms with Gasteiger partial charge in [0.15, 0.2) is 0 Å². The fraction of sp³-hybridized carbons (Fsp3) is 0.500. The van der Waals surface area contributed by atoms with E-state index in [9.17, 15) is 14.0 Å². The van der Waals surface area contributed by atoms with E-state index in [4.69, 9.17) is 0 Å². The molecule has 2 N–H and O–H groups in total. The van der Waals surface area contributed by atoms with E-state index >= 15 is 0 Å². The SMILES string of the molecule is CCCC[C@H](CC)C(=O)NCC(=O)Nc1cccc(F)c1. The molecule has 0 heterocycles. The third-order valence-electron chi connectivity index (χ3n) is 3.30. The zero-order valence-electron chi connectivity index (χ0n) is 12.6. The zero-order valence-corrected chi connectivity index (χ0v) is 12.6. The summed E-state index contributed by atoms with van der Waals surface area (Å²) >= 11 is 0. The maximum atomic E-state index is 13.0. The number of hydrogen-bond acceptors (Lipinski definition) is 2. The van der Waals surface area contributed by atoms with Crippen LogP contribution in [-0.2, 0) is 9.59 Å². The molecule has 5 heteroatoms. The number of rotatable bonds is 8. The van der Waals surface area contributed by atoms with Crippen LogP contribution in [-0.4, -0.2) is 18.4 Å². The summed E-state index contributed by atoms with van der Waals surface area (Å²) < 4.78 is 13.0. The summed E-state index contributed by atoms with van der Waals surface area (Å²) in [6, 6.07) is 5.65. The Balaban J connectivity index is 2.39. The van der Waals surface area contributed by atoms with E-state index in [1.54, 1.807) is 6.07 Å². The Morgan fingerprint density at radius 3 is 2.67 bits per heavy atom. The van der Waals surface area contributed by atoms with Crippen LogP contribution in [0.4, 0.5) is 10.1 Å². The van der Waals surface area contributed by atoms with E-state index in [1.165, 1.54) is 18.2 Å². The Hall–Kier alpha value is -1.91. The van der Waals surface area contributed by atoms with E-state index in [2.05, 4.69) is 17.6 Å². The molecule has 0 aliphatic rings. The fourth-order valence-corrected chi connectivity index (χ4v) is 2.05. The Kier molecular flexibility index (Phi) is 7.43. The van der Waals surface area contributed by atoms with Crippen molar-refractivity contribution in [1.82, 2.24) is 5.32 Å². The Bertz CT molecular complexity index is 477. The lowest BCUT2D eigenvalue weighted by molar-refractivity contribution is -0.127. The maximum Gasteiger partial charge on any atom is 0.243 e. The van der Waals surface area contributed by atoms with E-state index in [-0.39, 0.29) is 24.3 Å². The van der Waals surface area contributed by atoms with Gasteiger partial charge in [0.25, 0.3) is 0 Å². The summed E-state index contributed by atoms with van der Waals surface area (Å²) in [5, 5.41) is 5.18. The normalized spacial score (nSPS) is 11.8. The third-order valence-corrected chi connectivity index (χ3v) is 3.30. The van der Waals surface area contributed by atoms with Gasteiger partial charge in [-0.25, -0.2) is 4.39 Å². The number of amides is 2. The second-order valence-corrected chi connectivity index (χ2v) is 5.02. The summed E-state index contributed by atoms with van der Waals surface area (Å²) in [6.45, 7) is 3.95. The van der Waals surface area contributed by atoms with Crippen LogP contribution in [0.15, 0.2) is 24.3 Å². The highest BCUT2D eigenvalue weighted by Crippen LogP contribution is 2.12. The average molecular weight is 294 g/mol. The summed E-state index contributed by atoms with van der Waals surface area (Å²) in [4.78, 5) is 23.6. The fourth-order valence-electron chi connectivity index (χ4n) is 2.05. The van der Waals surface area contributed by atoms with Crippen LogP contribution in [0.5, 0.6) is 0 Å². The van der Waals surface area contributed by atoms with Gasteiger partial charge in [-0.1, -0.05) is 32.8 Å². The first-order valence-electron chi connectivity index (χ1n) is 7.40. The lowest BCUT2D eigenvalue weighted by Gasteiger charge is -2.14. The van der Waals surface area contributed by atoms with Crippen molar-refractivity contribution in [3.63, 3.8) is 0 Å². The van der Waals surface area contributed by atoms with Gasteiger partial charge in [-0.05, 0) is 31.0 Å². The maximum absolute atomic E-state index is 13.0. The molecule has 0 unspecified atom stereocenters. The van der Waals surface area contributed by atoms with Crippen LogP contribution in [0.3, 0.4) is 0 Å². The predicted molar refractivity (Wildman–Crippen MR) is 81.3 cm³/mol. The molecular formula is C16H23FN2O2. The molecule has 0 bridgehead atoms. The first kappa shape index (κ1) is 17.1. The highest BCUT2D eigenvalue weighted by molar-refractivity contribution is 5.94. The number of anilines is 1. The van der Waals surface area contributed by atoms with Gasteiger partial charge >= 0.3 is 0 Å².